The van der Waals surface area contributed by atoms with Crippen molar-refractivity contribution in [1.82, 2.24) is 15.0 Å². The largest absolute Gasteiger partial charge is 0.462 e. The summed E-state index contributed by atoms with van der Waals surface area (Å²) in [4.78, 5) is 36.9. The zero-order valence-electron chi connectivity index (χ0n) is 15.9. The van der Waals surface area contributed by atoms with E-state index in [1.54, 1.807) is 38.4 Å². The van der Waals surface area contributed by atoms with E-state index in [0.29, 0.717) is 23.6 Å². The summed E-state index contributed by atoms with van der Waals surface area (Å²) in [5.74, 6) is -0.822. The van der Waals surface area contributed by atoms with Crippen molar-refractivity contribution in [2.45, 2.75) is 27.2 Å². The van der Waals surface area contributed by atoms with Crippen LogP contribution in [0.15, 0.2) is 36.3 Å². The lowest BCUT2D eigenvalue weighted by Gasteiger charge is -2.12. The molecule has 0 aliphatic rings. The molecule has 2 aromatic rings. The molecule has 0 amide bonds. The SMILES string of the molecule is CCOC(=O)C(=CNc1nc(-c2ccncc2)nc(Cl)c1CC)C(=O)OCC. The normalized spacial score (nSPS) is 10.1. The van der Waals surface area contributed by atoms with E-state index in [1.807, 2.05) is 6.92 Å². The summed E-state index contributed by atoms with van der Waals surface area (Å²) < 4.78 is 9.84. The Morgan fingerprint density at radius 1 is 1.07 bits per heavy atom. The average molecular weight is 405 g/mol. The van der Waals surface area contributed by atoms with Gasteiger partial charge in [-0.1, -0.05) is 18.5 Å². The number of rotatable bonds is 8. The lowest BCUT2D eigenvalue weighted by atomic mass is 10.2. The Bertz CT molecular complexity index is 852. The van der Waals surface area contributed by atoms with E-state index < -0.39 is 11.9 Å². The van der Waals surface area contributed by atoms with E-state index in [1.165, 1.54) is 6.20 Å². The van der Waals surface area contributed by atoms with Crippen molar-refractivity contribution in [3.8, 4) is 11.4 Å². The van der Waals surface area contributed by atoms with Gasteiger partial charge in [0.25, 0.3) is 0 Å². The number of nitrogens with zero attached hydrogens (tertiary/aromatic N) is 3. The van der Waals surface area contributed by atoms with Gasteiger partial charge in [-0.2, -0.15) is 0 Å². The smallest absolute Gasteiger partial charge is 0.347 e. The Labute approximate surface area is 168 Å². The lowest BCUT2D eigenvalue weighted by Crippen LogP contribution is -2.19. The zero-order chi connectivity index (χ0) is 20.5. The first-order chi connectivity index (χ1) is 13.5. The molecule has 0 atom stereocenters. The number of aromatic nitrogens is 3. The number of hydrogen-bond acceptors (Lipinski definition) is 8. The summed E-state index contributed by atoms with van der Waals surface area (Å²) in [5.41, 5.74) is 1.09. The van der Waals surface area contributed by atoms with Crippen molar-refractivity contribution >= 4 is 29.4 Å². The molecule has 2 aromatic heterocycles. The van der Waals surface area contributed by atoms with E-state index in [9.17, 15) is 9.59 Å². The van der Waals surface area contributed by atoms with Crippen LogP contribution in [-0.4, -0.2) is 40.1 Å². The van der Waals surface area contributed by atoms with Crippen LogP contribution >= 0.6 is 11.6 Å². The number of carbonyl (C=O) groups excluding carboxylic acids is 2. The fraction of sp³-hybridized carbons (Fsp3) is 0.316. The molecule has 0 unspecified atom stereocenters. The molecule has 0 radical (unpaired) electrons. The number of anilines is 1. The maximum absolute atomic E-state index is 12.1. The van der Waals surface area contributed by atoms with Gasteiger partial charge >= 0.3 is 11.9 Å². The molecule has 8 nitrogen and oxygen atoms in total. The van der Waals surface area contributed by atoms with Gasteiger partial charge < -0.3 is 14.8 Å². The zero-order valence-corrected chi connectivity index (χ0v) is 16.6. The van der Waals surface area contributed by atoms with Crippen LogP contribution in [0.2, 0.25) is 5.15 Å². The first-order valence-electron chi connectivity index (χ1n) is 8.79. The van der Waals surface area contributed by atoms with Crippen LogP contribution in [0.4, 0.5) is 5.82 Å². The van der Waals surface area contributed by atoms with Crippen LogP contribution in [0.5, 0.6) is 0 Å². The third kappa shape index (κ3) is 5.26. The molecule has 148 valence electrons. The van der Waals surface area contributed by atoms with Gasteiger partial charge in [-0.05, 0) is 32.4 Å². The first-order valence-corrected chi connectivity index (χ1v) is 9.17. The molecule has 0 fully saturated rings. The Morgan fingerprint density at radius 3 is 2.21 bits per heavy atom. The second kappa shape index (κ2) is 10.4. The predicted molar refractivity (Wildman–Crippen MR) is 105 cm³/mol. The number of hydrogen-bond donors (Lipinski definition) is 1. The fourth-order valence-electron chi connectivity index (χ4n) is 2.28. The summed E-state index contributed by atoms with van der Waals surface area (Å²) in [5, 5.41) is 3.15. The van der Waals surface area contributed by atoms with Crippen molar-refractivity contribution in [3.05, 3.63) is 47.0 Å². The van der Waals surface area contributed by atoms with E-state index >= 15 is 0 Å². The first kappa shape index (κ1) is 21.3. The maximum atomic E-state index is 12.1. The van der Waals surface area contributed by atoms with Crippen LogP contribution in [0.25, 0.3) is 11.4 Å². The molecule has 0 bridgehead atoms. The topological polar surface area (TPSA) is 103 Å². The molecule has 0 aliphatic heterocycles. The van der Waals surface area contributed by atoms with Gasteiger partial charge in [0.2, 0.25) is 0 Å². The van der Waals surface area contributed by atoms with Gasteiger partial charge in [-0.25, -0.2) is 19.6 Å². The van der Waals surface area contributed by atoms with Gasteiger partial charge in [0.05, 0.1) is 13.2 Å². The molecule has 0 aliphatic carbocycles. The highest BCUT2D eigenvalue weighted by atomic mass is 35.5. The predicted octanol–water partition coefficient (Wildman–Crippen LogP) is 3.18. The Hall–Kier alpha value is -3.00. The Kier molecular flexibility index (Phi) is 7.88. The lowest BCUT2D eigenvalue weighted by molar-refractivity contribution is -0.146. The highest BCUT2D eigenvalue weighted by Gasteiger charge is 2.21. The van der Waals surface area contributed by atoms with E-state index in [4.69, 9.17) is 21.1 Å². The fourth-order valence-corrected chi connectivity index (χ4v) is 2.58. The number of pyridine rings is 1. The van der Waals surface area contributed by atoms with Crippen LogP contribution in [0, 0.1) is 0 Å². The number of halogens is 1. The van der Waals surface area contributed by atoms with Crippen LogP contribution in [-0.2, 0) is 25.5 Å². The van der Waals surface area contributed by atoms with Gasteiger partial charge in [-0.15, -0.1) is 0 Å². The van der Waals surface area contributed by atoms with E-state index in [0.717, 1.165) is 5.56 Å². The van der Waals surface area contributed by atoms with Crippen LogP contribution in [0.3, 0.4) is 0 Å². The molecular weight excluding hydrogens is 384 g/mol. The summed E-state index contributed by atoms with van der Waals surface area (Å²) in [7, 11) is 0. The van der Waals surface area contributed by atoms with Gasteiger partial charge in [-0.3, -0.25) is 4.98 Å². The molecular formula is C19H21ClN4O4. The molecule has 9 heteroatoms. The van der Waals surface area contributed by atoms with Gasteiger partial charge in [0.1, 0.15) is 11.0 Å². The van der Waals surface area contributed by atoms with Crippen molar-refractivity contribution < 1.29 is 19.1 Å². The summed E-state index contributed by atoms with van der Waals surface area (Å²) >= 11 is 6.31. The minimum atomic E-state index is -0.791. The number of esters is 2. The average Bonchev–Trinajstić information content (AvgIpc) is 2.69. The second-order valence-electron chi connectivity index (χ2n) is 5.40. The van der Waals surface area contributed by atoms with E-state index in [2.05, 4.69) is 20.3 Å². The van der Waals surface area contributed by atoms with Gasteiger partial charge in [0.15, 0.2) is 11.4 Å². The van der Waals surface area contributed by atoms with Crippen LogP contribution < -0.4 is 5.32 Å². The van der Waals surface area contributed by atoms with Crippen molar-refractivity contribution in [1.29, 1.82) is 0 Å². The Morgan fingerprint density at radius 2 is 1.68 bits per heavy atom. The molecule has 2 heterocycles. The highest BCUT2D eigenvalue weighted by Crippen LogP contribution is 2.26. The third-order valence-corrected chi connectivity index (χ3v) is 3.91. The number of carbonyl (C=O) groups is 2. The highest BCUT2D eigenvalue weighted by molar-refractivity contribution is 6.30. The molecule has 0 aromatic carbocycles. The maximum Gasteiger partial charge on any atom is 0.347 e. The Balaban J connectivity index is 2.44. The van der Waals surface area contributed by atoms with Crippen molar-refractivity contribution in [3.63, 3.8) is 0 Å². The van der Waals surface area contributed by atoms with Crippen molar-refractivity contribution in [2.24, 2.45) is 0 Å². The number of ether oxygens (including phenoxy) is 2. The van der Waals surface area contributed by atoms with E-state index in [-0.39, 0.29) is 23.9 Å². The molecule has 0 spiro atoms. The van der Waals surface area contributed by atoms with Gasteiger partial charge in [0, 0.05) is 29.7 Å². The summed E-state index contributed by atoms with van der Waals surface area (Å²) in [6, 6.07) is 3.50. The quantitative estimate of drug-likeness (QED) is 0.235. The number of nitrogens with one attached hydrogen (secondary N) is 1. The molecule has 28 heavy (non-hydrogen) atoms. The third-order valence-electron chi connectivity index (χ3n) is 3.59. The minimum absolute atomic E-state index is 0.126. The summed E-state index contributed by atoms with van der Waals surface area (Å²) in [6.45, 7) is 5.44. The van der Waals surface area contributed by atoms with Crippen LogP contribution in [0.1, 0.15) is 26.3 Å². The molecule has 0 saturated heterocycles. The second-order valence-corrected chi connectivity index (χ2v) is 5.76. The molecule has 0 saturated carbocycles. The molecule has 2 rings (SSSR count). The summed E-state index contributed by atoms with van der Waals surface area (Å²) in [6.07, 6.45) is 4.99. The minimum Gasteiger partial charge on any atom is -0.462 e. The molecule has 1 N–H and O–H groups in total. The van der Waals surface area contributed by atoms with Crippen molar-refractivity contribution in [2.75, 3.05) is 18.5 Å². The standard InChI is InChI=1S/C19H21ClN4O4/c1-4-13-15(20)23-16(12-7-9-21-10-8-12)24-17(13)22-11-14(18(25)27-5-2)19(26)28-6-3/h7-11H,4-6H2,1-3H3,(H,22,23,24). The monoisotopic (exact) mass is 404 g/mol.